The van der Waals surface area contributed by atoms with Gasteiger partial charge in [0.05, 0.1) is 24.6 Å². The maximum Gasteiger partial charge on any atom is 0.0734 e. The first-order chi connectivity index (χ1) is 18.5. The summed E-state index contributed by atoms with van der Waals surface area (Å²) >= 11 is 0. The molecule has 0 amide bonds. The van der Waals surface area contributed by atoms with E-state index in [1.807, 2.05) is 18.4 Å². The molecule has 2 heterocycles. The van der Waals surface area contributed by atoms with Crippen LogP contribution >= 0.6 is 0 Å². The van der Waals surface area contributed by atoms with E-state index in [-0.39, 0.29) is 11.8 Å². The van der Waals surface area contributed by atoms with E-state index in [2.05, 4.69) is 79.8 Å². The van der Waals surface area contributed by atoms with E-state index in [1.165, 1.54) is 5.57 Å². The first kappa shape index (κ1) is 29.7. The maximum atomic E-state index is 5.75. The highest BCUT2D eigenvalue weighted by atomic mass is 16.5. The highest BCUT2D eigenvalue weighted by Crippen LogP contribution is 2.28. The summed E-state index contributed by atoms with van der Waals surface area (Å²) in [5, 5.41) is 3.56. The van der Waals surface area contributed by atoms with Crippen LogP contribution in [-0.2, 0) is 4.74 Å². The van der Waals surface area contributed by atoms with Crippen LogP contribution in [0.2, 0.25) is 0 Å². The van der Waals surface area contributed by atoms with Crippen LogP contribution in [0.15, 0.2) is 106 Å². The second kappa shape index (κ2) is 16.1. The van der Waals surface area contributed by atoms with Gasteiger partial charge in [0.2, 0.25) is 0 Å². The molecule has 1 saturated heterocycles. The fourth-order valence-corrected chi connectivity index (χ4v) is 4.56. The van der Waals surface area contributed by atoms with Crippen molar-refractivity contribution in [3.8, 4) is 0 Å². The maximum absolute atomic E-state index is 5.75. The topological polar surface area (TPSA) is 75.2 Å². The van der Waals surface area contributed by atoms with Crippen LogP contribution in [0, 0.1) is 11.8 Å². The summed E-state index contributed by atoms with van der Waals surface area (Å²) < 4.78 is 5.44. The molecule has 0 bridgehead atoms. The molecule has 0 aromatic carbocycles. The van der Waals surface area contributed by atoms with Crippen LogP contribution < -0.4 is 11.1 Å². The Labute approximate surface area is 229 Å². The second-order valence-corrected chi connectivity index (χ2v) is 9.88. The van der Waals surface area contributed by atoms with Crippen LogP contribution in [-0.4, -0.2) is 68.8 Å². The Hall–Kier alpha value is -2.90. The lowest BCUT2D eigenvalue weighted by Gasteiger charge is -2.26. The van der Waals surface area contributed by atoms with Crippen molar-refractivity contribution < 1.29 is 4.74 Å². The van der Waals surface area contributed by atoms with Gasteiger partial charge in [-0.3, -0.25) is 14.9 Å². The molecule has 6 nitrogen and oxygen atoms in total. The molecule has 6 heteroatoms. The molecule has 2 unspecified atom stereocenters. The third-order valence-electron chi connectivity index (χ3n) is 6.93. The average Bonchev–Trinajstić information content (AvgIpc) is 3.12. The smallest absolute Gasteiger partial charge is 0.0734 e. The molecule has 0 aromatic heterocycles. The van der Waals surface area contributed by atoms with Gasteiger partial charge >= 0.3 is 0 Å². The Kier molecular flexibility index (Phi) is 12.6. The van der Waals surface area contributed by atoms with Gasteiger partial charge in [0, 0.05) is 49.9 Å². The van der Waals surface area contributed by atoms with Crippen molar-refractivity contribution in [2.75, 3.05) is 52.5 Å². The number of nitrogens with one attached hydrogen (secondary N) is 1. The van der Waals surface area contributed by atoms with Crippen molar-refractivity contribution >= 4 is 11.4 Å². The normalized spacial score (nSPS) is 22.9. The zero-order valence-corrected chi connectivity index (χ0v) is 23.2. The molecule has 204 valence electrons. The summed E-state index contributed by atoms with van der Waals surface area (Å²) in [7, 11) is 0. The van der Waals surface area contributed by atoms with Gasteiger partial charge in [-0.15, -0.1) is 0 Å². The largest absolute Gasteiger partial charge is 0.379 e. The highest BCUT2D eigenvalue weighted by Gasteiger charge is 2.20. The first-order valence-electron chi connectivity index (χ1n) is 13.8. The highest BCUT2D eigenvalue weighted by molar-refractivity contribution is 6.15. The van der Waals surface area contributed by atoms with Crippen molar-refractivity contribution in [3.63, 3.8) is 0 Å². The van der Waals surface area contributed by atoms with E-state index >= 15 is 0 Å². The third kappa shape index (κ3) is 9.44. The number of aliphatic imine (C=N–C) groups is 2. The van der Waals surface area contributed by atoms with Gasteiger partial charge in [0.1, 0.15) is 0 Å². The van der Waals surface area contributed by atoms with Crippen molar-refractivity contribution in [1.82, 2.24) is 10.2 Å². The number of hydrogen-bond donors (Lipinski definition) is 2. The molecule has 0 saturated carbocycles. The molecule has 1 aliphatic carbocycles. The monoisotopic (exact) mass is 515 g/mol. The van der Waals surface area contributed by atoms with E-state index in [1.54, 1.807) is 0 Å². The van der Waals surface area contributed by atoms with Gasteiger partial charge in [-0.25, -0.2) is 0 Å². The molecular weight excluding hydrogens is 470 g/mol. The van der Waals surface area contributed by atoms with E-state index in [4.69, 9.17) is 20.5 Å². The van der Waals surface area contributed by atoms with Crippen molar-refractivity contribution in [1.29, 1.82) is 0 Å². The summed E-state index contributed by atoms with van der Waals surface area (Å²) in [5.41, 5.74) is 11.5. The summed E-state index contributed by atoms with van der Waals surface area (Å²) in [6.07, 6.45) is 22.9. The molecule has 0 aromatic rings. The summed E-state index contributed by atoms with van der Waals surface area (Å²) in [6, 6.07) is 0. The van der Waals surface area contributed by atoms with Gasteiger partial charge in [-0.1, -0.05) is 68.7 Å². The molecule has 0 spiro atoms. The van der Waals surface area contributed by atoms with Gasteiger partial charge in [0.15, 0.2) is 0 Å². The minimum absolute atomic E-state index is 0.128. The Morgan fingerprint density at radius 2 is 2.05 bits per heavy atom. The number of nitrogens with two attached hydrogens (primary N) is 1. The average molecular weight is 516 g/mol. The molecule has 2 aliphatic heterocycles. The van der Waals surface area contributed by atoms with Crippen molar-refractivity contribution in [2.45, 2.75) is 26.7 Å². The molecule has 0 radical (unpaired) electrons. The molecule has 1 fully saturated rings. The zero-order valence-electron chi connectivity index (χ0n) is 23.2. The lowest BCUT2D eigenvalue weighted by Crippen LogP contribution is -2.38. The minimum atomic E-state index is 0.128. The molecule has 38 heavy (non-hydrogen) atoms. The molecule has 3 N–H and O–H groups in total. The minimum Gasteiger partial charge on any atom is -0.379 e. The van der Waals surface area contributed by atoms with Crippen molar-refractivity contribution in [2.24, 2.45) is 27.6 Å². The van der Waals surface area contributed by atoms with E-state index in [0.29, 0.717) is 13.1 Å². The fraction of sp³-hybridized carbons (Fsp3) is 0.438. The zero-order chi connectivity index (χ0) is 27.2. The third-order valence-corrected chi connectivity index (χ3v) is 6.93. The summed E-state index contributed by atoms with van der Waals surface area (Å²) in [4.78, 5) is 12.4. The molecular formula is C32H45N5O. The quantitative estimate of drug-likeness (QED) is 0.207. The van der Waals surface area contributed by atoms with Crippen LogP contribution in [0.4, 0.5) is 0 Å². The number of nitrogens with zero attached hydrogens (tertiary/aromatic N) is 3. The standard InChI is InChI=1S/C32H45N5O/c1-5-30(28-10-7-6-8-11-28)32(27(4)13-12-25(2)23-33)36-31-22-29(35-16-14-26(31)3)24-34-15-9-17-37-18-20-38-21-19-37/h5-8,10,12-14,16,22,26,28,34H,2,4,9,11,15,17-21,23-24,33H2,1,3H3/b13-12-,30-5-,36-32?. The van der Waals surface area contributed by atoms with Crippen LogP contribution in [0.5, 0.6) is 0 Å². The van der Waals surface area contributed by atoms with E-state index in [9.17, 15) is 0 Å². The molecule has 3 rings (SSSR count). The predicted octanol–water partition coefficient (Wildman–Crippen LogP) is 4.93. The second-order valence-electron chi connectivity index (χ2n) is 9.88. The summed E-state index contributed by atoms with van der Waals surface area (Å²) in [5.74, 6) is 0.383. The van der Waals surface area contributed by atoms with Gasteiger partial charge < -0.3 is 15.8 Å². The number of morpholine rings is 1. The van der Waals surface area contributed by atoms with E-state index in [0.717, 1.165) is 80.5 Å². The number of allylic oxidation sites excluding steroid dienone is 9. The number of hydrogen-bond acceptors (Lipinski definition) is 6. The first-order valence-corrected chi connectivity index (χ1v) is 13.8. The van der Waals surface area contributed by atoms with Crippen LogP contribution in [0.25, 0.3) is 0 Å². The lowest BCUT2D eigenvalue weighted by molar-refractivity contribution is 0.0375. The van der Waals surface area contributed by atoms with Crippen molar-refractivity contribution in [3.05, 3.63) is 96.5 Å². The Bertz CT molecular complexity index is 1060. The number of rotatable bonds is 13. The van der Waals surface area contributed by atoms with Crippen LogP contribution in [0.3, 0.4) is 0 Å². The number of ether oxygens (including phenoxy) is 1. The predicted molar refractivity (Wildman–Crippen MR) is 163 cm³/mol. The summed E-state index contributed by atoms with van der Waals surface area (Å²) in [6.45, 7) is 19.5. The van der Waals surface area contributed by atoms with Crippen LogP contribution in [0.1, 0.15) is 26.7 Å². The fourth-order valence-electron chi connectivity index (χ4n) is 4.56. The Morgan fingerprint density at radius 1 is 1.24 bits per heavy atom. The Morgan fingerprint density at radius 3 is 2.76 bits per heavy atom. The Balaban J connectivity index is 1.76. The SMILES string of the molecule is C=C(/C=C\C(=C)C(=NC1=CC(CNCCCN2CCOCC2)=NC=CC1C)/C(=C\C)C1C=CC=CC1)CN. The van der Waals surface area contributed by atoms with Gasteiger partial charge in [-0.2, -0.15) is 0 Å². The lowest BCUT2D eigenvalue weighted by atomic mass is 9.86. The molecule has 3 aliphatic rings. The van der Waals surface area contributed by atoms with Gasteiger partial charge in [-0.05, 0) is 55.7 Å². The van der Waals surface area contributed by atoms with Gasteiger partial charge in [0.25, 0.3) is 0 Å². The molecule has 2 atom stereocenters. The van der Waals surface area contributed by atoms with E-state index < -0.39 is 0 Å².